The summed E-state index contributed by atoms with van der Waals surface area (Å²) < 4.78 is 0. The van der Waals surface area contributed by atoms with Crippen molar-refractivity contribution in [3.05, 3.63) is 12.8 Å². The Bertz CT molecular complexity index is 157. The van der Waals surface area contributed by atoms with Crippen molar-refractivity contribution in [3.8, 4) is 0 Å². The van der Waals surface area contributed by atoms with Gasteiger partial charge in [0.25, 0.3) is 0 Å². The molecule has 2 nitrogen and oxygen atoms in total. The van der Waals surface area contributed by atoms with Gasteiger partial charge >= 0.3 is 0 Å². The molecule has 2 saturated carbocycles. The van der Waals surface area contributed by atoms with Crippen molar-refractivity contribution in [1.82, 2.24) is 0 Å². The van der Waals surface area contributed by atoms with E-state index in [0.717, 1.165) is 0 Å². The smallest absolute Gasteiger partial charge is 0.0740 e. The van der Waals surface area contributed by atoms with Crippen molar-refractivity contribution in [2.24, 2.45) is 10.2 Å². The highest BCUT2D eigenvalue weighted by Crippen LogP contribution is 2.23. The van der Waals surface area contributed by atoms with E-state index in [9.17, 15) is 0 Å². The summed E-state index contributed by atoms with van der Waals surface area (Å²) in [6.07, 6.45) is 14.9. The van der Waals surface area contributed by atoms with Gasteiger partial charge in [-0.1, -0.05) is 25.7 Å². The average Bonchev–Trinajstić information content (AvgIpc) is 2.29. The van der Waals surface area contributed by atoms with E-state index in [1.54, 1.807) is 0 Å². The van der Waals surface area contributed by atoms with E-state index in [-0.39, 0.29) is 0 Å². The first kappa shape index (κ1) is 10.1. The molecule has 2 rings (SSSR count). The zero-order valence-corrected chi connectivity index (χ0v) is 8.86. The van der Waals surface area contributed by atoms with Gasteiger partial charge in [-0.2, -0.15) is 10.2 Å². The standard InChI is InChI=1S/C12H20N2/c1-3-7-11(8-4-1)13-14-12-9-5-2-6-10-12/h7,9,11-12H,1-6,8,10H2. The van der Waals surface area contributed by atoms with Gasteiger partial charge < -0.3 is 0 Å². The van der Waals surface area contributed by atoms with Crippen molar-refractivity contribution in [3.63, 3.8) is 0 Å². The molecule has 78 valence electrons. The molecule has 0 spiro atoms. The van der Waals surface area contributed by atoms with Crippen LogP contribution in [0.5, 0.6) is 0 Å². The zero-order chi connectivity index (χ0) is 9.64. The van der Waals surface area contributed by atoms with Gasteiger partial charge in [-0.25, -0.2) is 0 Å². The van der Waals surface area contributed by atoms with E-state index in [2.05, 4.69) is 23.1 Å². The molecule has 2 unspecified atom stereocenters. The molecular weight excluding hydrogens is 172 g/mol. The predicted octanol–water partition coefficient (Wildman–Crippen LogP) is 3.73. The van der Waals surface area contributed by atoms with Gasteiger partial charge in [0.2, 0.25) is 0 Å². The van der Waals surface area contributed by atoms with Crippen LogP contribution in [0.4, 0.5) is 0 Å². The molecule has 2 aliphatic carbocycles. The molecular formula is C12H20N2. The fourth-order valence-corrected chi connectivity index (χ4v) is 2.23. The molecule has 2 aliphatic rings. The predicted molar refractivity (Wildman–Crippen MR) is 58.0 cm³/mol. The van der Waals surface area contributed by atoms with Gasteiger partial charge in [-0.15, -0.1) is 0 Å². The van der Waals surface area contributed by atoms with Crippen LogP contribution in [0.15, 0.2) is 10.2 Å². The van der Waals surface area contributed by atoms with E-state index < -0.39 is 0 Å². The fraction of sp³-hybridized carbons (Fsp3) is 0.833. The molecule has 0 aromatic rings. The first-order valence-electron chi connectivity index (χ1n) is 6.02. The minimum absolute atomic E-state index is 0.430. The lowest BCUT2D eigenvalue weighted by atomic mass is 9.95. The Morgan fingerprint density at radius 1 is 0.714 bits per heavy atom. The Kier molecular flexibility index (Phi) is 3.96. The summed E-state index contributed by atoms with van der Waals surface area (Å²) in [5.74, 6) is 0. The molecule has 0 aromatic carbocycles. The SMILES string of the molecule is [CH]1CCCCC1N=NC1[CH]CCCC1. The number of azo groups is 1. The van der Waals surface area contributed by atoms with Gasteiger partial charge in [0.1, 0.15) is 0 Å². The van der Waals surface area contributed by atoms with Gasteiger partial charge in [0.15, 0.2) is 0 Å². The summed E-state index contributed by atoms with van der Waals surface area (Å²) in [5.41, 5.74) is 0. The lowest BCUT2D eigenvalue weighted by molar-refractivity contribution is 0.474. The number of hydrogen-bond donors (Lipinski definition) is 0. The highest BCUT2D eigenvalue weighted by molar-refractivity contribution is 4.89. The molecule has 0 saturated heterocycles. The summed E-state index contributed by atoms with van der Waals surface area (Å²) in [6, 6.07) is 0.859. The minimum atomic E-state index is 0.430. The first-order chi connectivity index (χ1) is 6.95. The second-order valence-corrected chi connectivity index (χ2v) is 4.41. The first-order valence-corrected chi connectivity index (χ1v) is 6.02. The maximum Gasteiger partial charge on any atom is 0.0740 e. The molecule has 0 bridgehead atoms. The Morgan fingerprint density at radius 3 is 1.57 bits per heavy atom. The fourth-order valence-electron chi connectivity index (χ4n) is 2.23. The van der Waals surface area contributed by atoms with E-state index >= 15 is 0 Å². The van der Waals surface area contributed by atoms with Crippen molar-refractivity contribution < 1.29 is 0 Å². The van der Waals surface area contributed by atoms with Crippen LogP contribution in [0.3, 0.4) is 0 Å². The average molecular weight is 192 g/mol. The Balaban J connectivity index is 1.73. The van der Waals surface area contributed by atoms with E-state index in [1.807, 2.05) is 0 Å². The molecule has 2 radical (unpaired) electrons. The summed E-state index contributed by atoms with van der Waals surface area (Å²) in [4.78, 5) is 0. The second kappa shape index (κ2) is 5.47. The summed E-state index contributed by atoms with van der Waals surface area (Å²) in [5, 5.41) is 8.89. The van der Waals surface area contributed by atoms with Crippen molar-refractivity contribution in [2.45, 2.75) is 63.5 Å². The summed E-state index contributed by atoms with van der Waals surface area (Å²) in [7, 11) is 0. The summed E-state index contributed by atoms with van der Waals surface area (Å²) >= 11 is 0. The monoisotopic (exact) mass is 192 g/mol. The molecule has 2 fully saturated rings. The highest BCUT2D eigenvalue weighted by Gasteiger charge is 2.15. The highest BCUT2D eigenvalue weighted by atomic mass is 15.1. The van der Waals surface area contributed by atoms with Crippen LogP contribution in [0.25, 0.3) is 0 Å². The Labute approximate surface area is 87.2 Å². The van der Waals surface area contributed by atoms with Crippen LogP contribution in [-0.4, -0.2) is 12.1 Å². The molecule has 0 heterocycles. The molecule has 0 aromatic heterocycles. The molecule has 14 heavy (non-hydrogen) atoms. The van der Waals surface area contributed by atoms with Gasteiger partial charge in [-0.05, 0) is 38.5 Å². The van der Waals surface area contributed by atoms with Gasteiger partial charge in [0, 0.05) is 0 Å². The van der Waals surface area contributed by atoms with Crippen LogP contribution in [0, 0.1) is 12.8 Å². The van der Waals surface area contributed by atoms with Crippen molar-refractivity contribution in [1.29, 1.82) is 0 Å². The third-order valence-electron chi connectivity index (χ3n) is 3.15. The van der Waals surface area contributed by atoms with Crippen molar-refractivity contribution in [2.75, 3.05) is 0 Å². The van der Waals surface area contributed by atoms with Crippen LogP contribution >= 0.6 is 0 Å². The number of hydrogen-bond acceptors (Lipinski definition) is 2. The van der Waals surface area contributed by atoms with Gasteiger partial charge in [0.05, 0.1) is 12.1 Å². The lowest BCUT2D eigenvalue weighted by Gasteiger charge is -2.19. The third-order valence-corrected chi connectivity index (χ3v) is 3.15. The maximum absolute atomic E-state index is 4.45. The molecule has 0 aliphatic heterocycles. The molecule has 0 N–H and O–H groups in total. The molecule has 2 atom stereocenters. The minimum Gasteiger partial charge on any atom is -0.190 e. The Hall–Kier alpha value is -0.400. The quantitative estimate of drug-likeness (QED) is 0.595. The number of nitrogens with zero attached hydrogens (tertiary/aromatic N) is 2. The van der Waals surface area contributed by atoms with Crippen molar-refractivity contribution >= 4 is 0 Å². The van der Waals surface area contributed by atoms with Crippen LogP contribution in [0.1, 0.15) is 51.4 Å². The third kappa shape index (κ3) is 3.07. The Morgan fingerprint density at radius 2 is 1.21 bits per heavy atom. The zero-order valence-electron chi connectivity index (χ0n) is 8.86. The maximum atomic E-state index is 4.45. The van der Waals surface area contributed by atoms with Crippen LogP contribution in [0.2, 0.25) is 0 Å². The van der Waals surface area contributed by atoms with E-state index in [0.29, 0.717) is 12.1 Å². The van der Waals surface area contributed by atoms with E-state index in [1.165, 1.54) is 51.4 Å². The van der Waals surface area contributed by atoms with Crippen LogP contribution < -0.4 is 0 Å². The number of rotatable bonds is 2. The lowest BCUT2D eigenvalue weighted by Crippen LogP contribution is -2.13. The van der Waals surface area contributed by atoms with Gasteiger partial charge in [-0.3, -0.25) is 0 Å². The topological polar surface area (TPSA) is 24.7 Å². The normalized spacial score (nSPS) is 27.1. The largest absolute Gasteiger partial charge is 0.190 e. The van der Waals surface area contributed by atoms with E-state index in [4.69, 9.17) is 0 Å². The molecule has 2 heteroatoms. The van der Waals surface area contributed by atoms with Crippen LogP contribution in [-0.2, 0) is 0 Å². The molecule has 0 amide bonds. The second-order valence-electron chi connectivity index (χ2n) is 4.41. The summed E-state index contributed by atoms with van der Waals surface area (Å²) in [6.45, 7) is 0.